The van der Waals surface area contributed by atoms with Crippen molar-refractivity contribution in [1.82, 2.24) is 23.9 Å². The molecule has 50 heavy (non-hydrogen) atoms. The Morgan fingerprint density at radius 2 is 1.04 bits per heavy atom. The van der Waals surface area contributed by atoms with Gasteiger partial charge in [-0.15, -0.1) is 0 Å². The highest BCUT2D eigenvalue weighted by Crippen LogP contribution is 2.42. The average molecular weight is 638 g/mol. The van der Waals surface area contributed by atoms with Crippen molar-refractivity contribution in [3.63, 3.8) is 0 Å². The van der Waals surface area contributed by atoms with Gasteiger partial charge in [-0.05, 0) is 76.2 Å². The zero-order valence-electron chi connectivity index (χ0n) is 26.8. The van der Waals surface area contributed by atoms with Crippen LogP contribution in [0.15, 0.2) is 164 Å². The van der Waals surface area contributed by atoms with E-state index in [4.69, 9.17) is 9.97 Å². The molecule has 0 bridgehead atoms. The van der Waals surface area contributed by atoms with Crippen LogP contribution < -0.4 is 0 Å². The summed E-state index contributed by atoms with van der Waals surface area (Å²) in [6.45, 7) is 0. The third kappa shape index (κ3) is 3.80. The highest BCUT2D eigenvalue weighted by Gasteiger charge is 2.22. The van der Waals surface area contributed by atoms with Gasteiger partial charge in [0.1, 0.15) is 5.65 Å². The summed E-state index contributed by atoms with van der Waals surface area (Å²) in [5, 5.41) is 6.92. The Morgan fingerprint density at radius 3 is 1.88 bits per heavy atom. The number of aromatic nitrogens is 5. The molecule has 0 fully saturated rings. The van der Waals surface area contributed by atoms with Crippen molar-refractivity contribution in [3.05, 3.63) is 164 Å². The molecule has 0 N–H and O–H groups in total. The molecule has 0 aliphatic rings. The molecule has 4 aromatic heterocycles. The zero-order chi connectivity index (χ0) is 32.8. The first-order valence-corrected chi connectivity index (χ1v) is 16.9. The van der Waals surface area contributed by atoms with Crippen molar-refractivity contribution in [2.75, 3.05) is 0 Å². The van der Waals surface area contributed by atoms with Crippen molar-refractivity contribution in [3.8, 4) is 28.2 Å². The van der Waals surface area contributed by atoms with Crippen molar-refractivity contribution in [2.24, 2.45) is 0 Å². The average Bonchev–Trinajstić information content (AvgIpc) is 3.74. The summed E-state index contributed by atoms with van der Waals surface area (Å²) in [5.74, 6) is 0.824. The Labute approximate surface area is 286 Å². The molecular weight excluding hydrogens is 611 g/mol. The number of nitrogens with zero attached hydrogens (tertiary/aromatic N) is 5. The van der Waals surface area contributed by atoms with E-state index in [9.17, 15) is 0 Å². The maximum absolute atomic E-state index is 5.40. The summed E-state index contributed by atoms with van der Waals surface area (Å²) in [5.41, 5.74) is 11.8. The Morgan fingerprint density at radius 1 is 0.400 bits per heavy atom. The van der Waals surface area contributed by atoms with Crippen LogP contribution in [0.3, 0.4) is 0 Å². The van der Waals surface area contributed by atoms with Gasteiger partial charge >= 0.3 is 0 Å². The number of fused-ring (bicyclic) bond motifs is 11. The third-order valence-electron chi connectivity index (χ3n) is 10.2. The molecule has 0 atom stereocenters. The van der Waals surface area contributed by atoms with Gasteiger partial charge in [-0.2, -0.15) is 0 Å². The Bertz CT molecular complexity index is 3140. The van der Waals surface area contributed by atoms with Gasteiger partial charge in [0.15, 0.2) is 0 Å². The van der Waals surface area contributed by atoms with Gasteiger partial charge < -0.3 is 0 Å². The van der Waals surface area contributed by atoms with Gasteiger partial charge in [-0.25, -0.2) is 9.97 Å². The largest absolute Gasteiger partial charge is 0.278 e. The Balaban J connectivity index is 1.21. The molecule has 5 heteroatoms. The van der Waals surface area contributed by atoms with Crippen LogP contribution in [-0.4, -0.2) is 23.9 Å². The molecule has 232 valence electrons. The molecule has 0 spiro atoms. The molecule has 5 nitrogen and oxygen atoms in total. The number of para-hydroxylation sites is 4. The molecule has 11 rings (SSSR count). The molecule has 0 amide bonds. The molecule has 4 heterocycles. The van der Waals surface area contributed by atoms with Gasteiger partial charge in [-0.3, -0.25) is 14.0 Å². The van der Waals surface area contributed by atoms with Crippen molar-refractivity contribution >= 4 is 71.1 Å². The fourth-order valence-electron chi connectivity index (χ4n) is 7.93. The van der Waals surface area contributed by atoms with E-state index < -0.39 is 0 Å². The van der Waals surface area contributed by atoms with Crippen LogP contribution in [0.4, 0.5) is 0 Å². The third-order valence-corrected chi connectivity index (χ3v) is 10.2. The van der Waals surface area contributed by atoms with Crippen LogP contribution in [0.1, 0.15) is 0 Å². The van der Waals surface area contributed by atoms with Crippen LogP contribution in [0, 0.1) is 0 Å². The molecule has 0 aliphatic carbocycles. The lowest BCUT2D eigenvalue weighted by Gasteiger charge is -2.15. The number of hydrogen-bond donors (Lipinski definition) is 0. The molecule has 7 aromatic carbocycles. The first-order valence-electron chi connectivity index (χ1n) is 16.9. The lowest BCUT2D eigenvalue weighted by atomic mass is 9.93. The highest BCUT2D eigenvalue weighted by atomic mass is 15.2. The lowest BCUT2D eigenvalue weighted by molar-refractivity contribution is 0.982. The van der Waals surface area contributed by atoms with Gasteiger partial charge in [-0.1, -0.05) is 109 Å². The van der Waals surface area contributed by atoms with Crippen LogP contribution in [0.25, 0.3) is 99.3 Å². The van der Waals surface area contributed by atoms with Gasteiger partial charge in [0, 0.05) is 33.1 Å². The number of hydrogen-bond acceptors (Lipinski definition) is 3. The summed E-state index contributed by atoms with van der Waals surface area (Å²) in [7, 11) is 0. The second-order valence-corrected chi connectivity index (χ2v) is 12.9. The summed E-state index contributed by atoms with van der Waals surface area (Å²) in [6, 6.07) is 55.9. The summed E-state index contributed by atoms with van der Waals surface area (Å²) in [6.07, 6.45) is 1.85. The molecule has 0 saturated heterocycles. The van der Waals surface area contributed by atoms with Crippen LogP contribution in [0.5, 0.6) is 0 Å². The monoisotopic (exact) mass is 637 g/mol. The maximum atomic E-state index is 5.40. The fourth-order valence-corrected chi connectivity index (χ4v) is 7.93. The normalized spacial score (nSPS) is 12.0. The minimum atomic E-state index is 0.824. The first-order chi connectivity index (χ1) is 24.8. The highest BCUT2D eigenvalue weighted by molar-refractivity contribution is 6.22. The Hall–Kier alpha value is -6.85. The van der Waals surface area contributed by atoms with E-state index in [0.717, 1.165) is 55.5 Å². The van der Waals surface area contributed by atoms with Crippen molar-refractivity contribution in [2.45, 2.75) is 0 Å². The van der Waals surface area contributed by atoms with Crippen LogP contribution in [-0.2, 0) is 0 Å². The fraction of sp³-hybridized carbons (Fsp3) is 0. The predicted octanol–water partition coefficient (Wildman–Crippen LogP) is 11.2. The summed E-state index contributed by atoms with van der Waals surface area (Å²) < 4.78 is 4.58. The predicted molar refractivity (Wildman–Crippen MR) is 206 cm³/mol. The van der Waals surface area contributed by atoms with Gasteiger partial charge in [0.05, 0.1) is 33.1 Å². The van der Waals surface area contributed by atoms with E-state index in [2.05, 4.69) is 153 Å². The molecule has 0 aliphatic heterocycles. The number of benzene rings is 7. The summed E-state index contributed by atoms with van der Waals surface area (Å²) in [4.78, 5) is 15.1. The second-order valence-electron chi connectivity index (χ2n) is 12.9. The second kappa shape index (κ2) is 10.3. The number of imidazole rings is 1. The van der Waals surface area contributed by atoms with E-state index in [1.54, 1.807) is 0 Å². The number of pyridine rings is 1. The minimum absolute atomic E-state index is 0.824. The van der Waals surface area contributed by atoms with Crippen molar-refractivity contribution in [1.29, 1.82) is 0 Å². The van der Waals surface area contributed by atoms with Gasteiger partial charge in [0.2, 0.25) is 5.95 Å². The van der Waals surface area contributed by atoms with E-state index in [1.165, 1.54) is 43.8 Å². The van der Waals surface area contributed by atoms with E-state index in [0.29, 0.717) is 0 Å². The molecule has 0 unspecified atom stereocenters. The molecule has 11 aromatic rings. The SMILES string of the molecule is c1cc(-c2ccc(-c3cc4c5ccccc5n(-c5nc6ccccc6c6nc7ccccc7n56)c4c4ccccc34)cc2)c2cccnc2c1. The number of rotatable bonds is 3. The topological polar surface area (TPSA) is 48.0 Å². The quantitative estimate of drug-likeness (QED) is 0.194. The van der Waals surface area contributed by atoms with Crippen LogP contribution >= 0.6 is 0 Å². The lowest BCUT2D eigenvalue weighted by Crippen LogP contribution is -2.06. The van der Waals surface area contributed by atoms with Crippen LogP contribution in [0.2, 0.25) is 0 Å². The Kier molecular flexibility index (Phi) is 5.60. The zero-order valence-corrected chi connectivity index (χ0v) is 26.8. The minimum Gasteiger partial charge on any atom is -0.278 e. The first kappa shape index (κ1) is 27.1. The molecule has 0 radical (unpaired) electrons. The van der Waals surface area contributed by atoms with E-state index >= 15 is 0 Å². The van der Waals surface area contributed by atoms with E-state index in [1.807, 2.05) is 24.4 Å². The van der Waals surface area contributed by atoms with Gasteiger partial charge in [0.25, 0.3) is 0 Å². The smallest absolute Gasteiger partial charge is 0.221 e. The summed E-state index contributed by atoms with van der Waals surface area (Å²) >= 11 is 0. The molecule has 0 saturated carbocycles. The van der Waals surface area contributed by atoms with Crippen molar-refractivity contribution < 1.29 is 0 Å². The maximum Gasteiger partial charge on any atom is 0.221 e. The molecular formula is C45H27N5. The standard InChI is InChI=1S/C45H27N5/c1-2-13-34-31(11-1)36(29-24-22-28(23-25-29)30-15-9-19-38-32(30)16-10-26-46-38)27-37-33-12-4-7-20-41(33)49(43(34)37)45-48-39-17-5-3-14-35(39)44-47-40-18-6-8-21-42(40)50(44)45/h1-27H. The van der Waals surface area contributed by atoms with E-state index in [-0.39, 0.29) is 0 Å².